The molecule has 1 aromatic carbocycles. The van der Waals surface area contributed by atoms with Crippen LogP contribution in [0.5, 0.6) is 0 Å². The number of amides is 2. The third-order valence-electron chi connectivity index (χ3n) is 4.59. The Bertz CT molecular complexity index is 710. The molecule has 132 valence electrons. The van der Waals surface area contributed by atoms with Crippen molar-refractivity contribution in [3.8, 4) is 0 Å². The SMILES string of the molecule is CC(=O)NCc1ccc(C(=O)N2CCCC[C@@H]2Cn2cccn2)cc1. The highest BCUT2D eigenvalue weighted by atomic mass is 16.2. The first-order valence-electron chi connectivity index (χ1n) is 8.75. The molecule has 1 atom stereocenters. The molecule has 0 saturated carbocycles. The lowest BCUT2D eigenvalue weighted by atomic mass is 10.0. The van der Waals surface area contributed by atoms with Crippen LogP contribution in [0.15, 0.2) is 42.7 Å². The minimum absolute atomic E-state index is 0.0602. The maximum absolute atomic E-state index is 12.9. The van der Waals surface area contributed by atoms with E-state index in [1.54, 1.807) is 6.20 Å². The number of likely N-dealkylation sites (tertiary alicyclic amines) is 1. The quantitative estimate of drug-likeness (QED) is 0.907. The number of carbonyl (C=O) groups is 2. The van der Waals surface area contributed by atoms with Crippen LogP contribution in [0.4, 0.5) is 0 Å². The molecule has 1 aliphatic rings. The predicted molar refractivity (Wildman–Crippen MR) is 94.9 cm³/mol. The molecule has 0 unspecified atom stereocenters. The molecule has 2 aromatic rings. The summed E-state index contributed by atoms with van der Waals surface area (Å²) >= 11 is 0. The number of carbonyl (C=O) groups excluding carboxylic acids is 2. The Hall–Kier alpha value is -2.63. The largest absolute Gasteiger partial charge is 0.352 e. The van der Waals surface area contributed by atoms with Gasteiger partial charge >= 0.3 is 0 Å². The van der Waals surface area contributed by atoms with E-state index in [9.17, 15) is 9.59 Å². The summed E-state index contributed by atoms with van der Waals surface area (Å²) in [5, 5.41) is 7.03. The molecule has 1 N–H and O–H groups in total. The molecule has 1 fully saturated rings. The second-order valence-electron chi connectivity index (χ2n) is 6.48. The van der Waals surface area contributed by atoms with Crippen LogP contribution >= 0.6 is 0 Å². The van der Waals surface area contributed by atoms with Crippen molar-refractivity contribution >= 4 is 11.8 Å². The fourth-order valence-electron chi connectivity index (χ4n) is 3.24. The summed E-state index contributed by atoms with van der Waals surface area (Å²) in [5.41, 5.74) is 1.68. The van der Waals surface area contributed by atoms with Crippen LogP contribution in [0, 0.1) is 0 Å². The first-order valence-corrected chi connectivity index (χ1v) is 8.75. The molecule has 1 aromatic heterocycles. The third kappa shape index (κ3) is 4.47. The van der Waals surface area contributed by atoms with Gasteiger partial charge in [-0.25, -0.2) is 0 Å². The van der Waals surface area contributed by atoms with Gasteiger partial charge in [-0.3, -0.25) is 14.3 Å². The Balaban J connectivity index is 1.68. The minimum Gasteiger partial charge on any atom is -0.352 e. The smallest absolute Gasteiger partial charge is 0.254 e. The number of aromatic nitrogens is 2. The van der Waals surface area contributed by atoms with Crippen LogP contribution in [0.25, 0.3) is 0 Å². The van der Waals surface area contributed by atoms with Gasteiger partial charge in [0.1, 0.15) is 0 Å². The average Bonchev–Trinajstić information content (AvgIpc) is 3.13. The third-order valence-corrected chi connectivity index (χ3v) is 4.59. The fraction of sp³-hybridized carbons (Fsp3) is 0.421. The number of nitrogens with one attached hydrogen (secondary N) is 1. The van der Waals surface area contributed by atoms with Gasteiger partial charge < -0.3 is 10.2 Å². The van der Waals surface area contributed by atoms with Crippen molar-refractivity contribution in [1.29, 1.82) is 0 Å². The van der Waals surface area contributed by atoms with Gasteiger partial charge in [0.15, 0.2) is 0 Å². The highest BCUT2D eigenvalue weighted by Crippen LogP contribution is 2.21. The molecule has 0 radical (unpaired) electrons. The molecule has 1 aliphatic heterocycles. The van der Waals surface area contributed by atoms with Crippen molar-refractivity contribution in [3.05, 3.63) is 53.9 Å². The minimum atomic E-state index is -0.0602. The van der Waals surface area contributed by atoms with E-state index >= 15 is 0 Å². The molecule has 0 aliphatic carbocycles. The molecular weight excluding hydrogens is 316 g/mol. The predicted octanol–water partition coefficient (Wildman–Crippen LogP) is 2.21. The summed E-state index contributed by atoms with van der Waals surface area (Å²) in [6, 6.07) is 9.58. The van der Waals surface area contributed by atoms with Crippen LogP contribution in [0.1, 0.15) is 42.1 Å². The number of nitrogens with zero attached hydrogens (tertiary/aromatic N) is 3. The van der Waals surface area contributed by atoms with Gasteiger partial charge in [-0.05, 0) is 43.0 Å². The van der Waals surface area contributed by atoms with Crippen LogP contribution in [-0.4, -0.2) is 39.1 Å². The van der Waals surface area contributed by atoms with E-state index in [4.69, 9.17) is 0 Å². The van der Waals surface area contributed by atoms with Gasteiger partial charge in [0.05, 0.1) is 12.6 Å². The standard InChI is InChI=1S/C19H24N4O2/c1-15(24)20-13-16-6-8-17(9-7-16)19(25)23-12-3-2-5-18(23)14-22-11-4-10-21-22/h4,6-11,18H,2-3,5,12-14H2,1H3,(H,20,24)/t18-/m1/s1. The number of benzene rings is 1. The van der Waals surface area contributed by atoms with Crippen molar-refractivity contribution in [2.45, 2.75) is 45.3 Å². The second-order valence-corrected chi connectivity index (χ2v) is 6.48. The van der Waals surface area contributed by atoms with Crippen molar-refractivity contribution in [2.24, 2.45) is 0 Å². The zero-order chi connectivity index (χ0) is 17.6. The monoisotopic (exact) mass is 340 g/mol. The highest BCUT2D eigenvalue weighted by molar-refractivity contribution is 5.94. The maximum Gasteiger partial charge on any atom is 0.254 e. The van der Waals surface area contributed by atoms with E-state index < -0.39 is 0 Å². The Kier molecular flexibility index (Phi) is 5.48. The summed E-state index contributed by atoms with van der Waals surface area (Å²) in [7, 11) is 0. The van der Waals surface area contributed by atoms with Crippen molar-refractivity contribution in [1.82, 2.24) is 20.0 Å². The highest BCUT2D eigenvalue weighted by Gasteiger charge is 2.27. The summed E-state index contributed by atoms with van der Waals surface area (Å²) in [6.45, 7) is 3.50. The van der Waals surface area contributed by atoms with E-state index in [1.807, 2.05) is 46.1 Å². The van der Waals surface area contributed by atoms with E-state index in [2.05, 4.69) is 10.4 Å². The van der Waals surface area contributed by atoms with Crippen LogP contribution in [0.2, 0.25) is 0 Å². The zero-order valence-electron chi connectivity index (χ0n) is 14.5. The normalized spacial score (nSPS) is 17.3. The molecule has 2 heterocycles. The van der Waals surface area contributed by atoms with E-state index in [0.29, 0.717) is 12.1 Å². The lowest BCUT2D eigenvalue weighted by molar-refractivity contribution is -0.119. The topological polar surface area (TPSA) is 67.2 Å². The van der Waals surface area contributed by atoms with E-state index in [0.717, 1.165) is 37.9 Å². The first-order chi connectivity index (χ1) is 12.1. The maximum atomic E-state index is 12.9. The summed E-state index contributed by atoms with van der Waals surface area (Å²) < 4.78 is 1.90. The molecule has 0 spiro atoms. The average molecular weight is 340 g/mol. The van der Waals surface area contributed by atoms with Crippen molar-refractivity contribution < 1.29 is 9.59 Å². The second kappa shape index (κ2) is 7.96. The van der Waals surface area contributed by atoms with Crippen LogP contribution in [-0.2, 0) is 17.9 Å². The molecule has 0 bridgehead atoms. The Labute approximate surface area is 147 Å². The van der Waals surface area contributed by atoms with Gasteiger partial charge in [-0.15, -0.1) is 0 Å². The van der Waals surface area contributed by atoms with Gasteiger partial charge in [0.25, 0.3) is 5.91 Å². The first kappa shape index (κ1) is 17.2. The van der Waals surface area contributed by atoms with Gasteiger partial charge in [0, 0.05) is 38.0 Å². The van der Waals surface area contributed by atoms with Crippen molar-refractivity contribution in [3.63, 3.8) is 0 Å². The van der Waals surface area contributed by atoms with Crippen molar-refractivity contribution in [2.75, 3.05) is 6.54 Å². The molecular formula is C19H24N4O2. The molecule has 25 heavy (non-hydrogen) atoms. The lowest BCUT2D eigenvalue weighted by Crippen LogP contribution is -2.45. The molecule has 2 amide bonds. The zero-order valence-corrected chi connectivity index (χ0v) is 14.5. The fourth-order valence-corrected chi connectivity index (χ4v) is 3.24. The number of rotatable bonds is 5. The summed E-state index contributed by atoms with van der Waals surface area (Å²) in [4.78, 5) is 25.9. The number of hydrogen-bond donors (Lipinski definition) is 1. The Morgan fingerprint density at radius 1 is 1.24 bits per heavy atom. The molecule has 6 nitrogen and oxygen atoms in total. The summed E-state index contributed by atoms with van der Waals surface area (Å²) in [6.07, 6.45) is 6.90. The summed E-state index contributed by atoms with van der Waals surface area (Å²) in [5.74, 6) is 0.0119. The van der Waals surface area contributed by atoms with Gasteiger partial charge in [-0.2, -0.15) is 5.10 Å². The molecule has 1 saturated heterocycles. The van der Waals surface area contributed by atoms with Crippen LogP contribution < -0.4 is 5.32 Å². The lowest BCUT2D eigenvalue weighted by Gasteiger charge is -2.35. The van der Waals surface area contributed by atoms with Gasteiger partial charge in [-0.1, -0.05) is 12.1 Å². The molecule has 3 rings (SSSR count). The Morgan fingerprint density at radius 3 is 2.72 bits per heavy atom. The van der Waals surface area contributed by atoms with E-state index in [1.165, 1.54) is 6.92 Å². The van der Waals surface area contributed by atoms with Crippen LogP contribution in [0.3, 0.4) is 0 Å². The Morgan fingerprint density at radius 2 is 2.04 bits per heavy atom. The molecule has 6 heteroatoms. The van der Waals surface area contributed by atoms with Gasteiger partial charge in [0.2, 0.25) is 5.91 Å². The number of piperidine rings is 1. The van der Waals surface area contributed by atoms with E-state index in [-0.39, 0.29) is 17.9 Å². The number of hydrogen-bond acceptors (Lipinski definition) is 3.